The van der Waals surface area contributed by atoms with Crippen LogP contribution in [0.1, 0.15) is 45.6 Å². The maximum atomic E-state index is 4.21. The molecule has 1 aliphatic heterocycles. The Hall–Kier alpha value is -0.870. The zero-order valence-electron chi connectivity index (χ0n) is 13.0. The smallest absolute Gasteiger partial charge is 0.0949 e. The first kappa shape index (κ1) is 14.1. The SMILES string of the molecule is CC1CN(C)C(C)CC1NC1CCCC1n1ccnc1. The van der Waals surface area contributed by atoms with Crippen LogP contribution in [0.2, 0.25) is 0 Å². The molecule has 0 bridgehead atoms. The number of hydrogen-bond donors (Lipinski definition) is 1. The number of nitrogens with zero attached hydrogens (tertiary/aromatic N) is 3. The topological polar surface area (TPSA) is 33.1 Å². The number of piperidine rings is 1. The van der Waals surface area contributed by atoms with E-state index in [1.54, 1.807) is 0 Å². The van der Waals surface area contributed by atoms with Crippen molar-refractivity contribution in [3.05, 3.63) is 18.7 Å². The van der Waals surface area contributed by atoms with Crippen molar-refractivity contribution >= 4 is 0 Å². The summed E-state index contributed by atoms with van der Waals surface area (Å²) in [6, 6.07) is 2.57. The van der Waals surface area contributed by atoms with Crippen LogP contribution in [0.15, 0.2) is 18.7 Å². The normalized spacial score (nSPS) is 39.2. The lowest BCUT2D eigenvalue weighted by molar-refractivity contribution is 0.112. The minimum Gasteiger partial charge on any atom is -0.333 e. The highest BCUT2D eigenvalue weighted by molar-refractivity contribution is 4.95. The van der Waals surface area contributed by atoms with Crippen LogP contribution >= 0.6 is 0 Å². The highest BCUT2D eigenvalue weighted by atomic mass is 15.2. The van der Waals surface area contributed by atoms with Crippen molar-refractivity contribution in [2.45, 2.75) is 63.7 Å². The molecular weight excluding hydrogens is 248 g/mol. The molecule has 1 saturated heterocycles. The number of imidazole rings is 1. The van der Waals surface area contributed by atoms with E-state index in [9.17, 15) is 0 Å². The van der Waals surface area contributed by atoms with E-state index in [-0.39, 0.29) is 0 Å². The Kier molecular flexibility index (Phi) is 4.13. The molecule has 5 unspecified atom stereocenters. The molecule has 0 radical (unpaired) electrons. The highest BCUT2D eigenvalue weighted by Gasteiger charge is 2.34. The van der Waals surface area contributed by atoms with Crippen molar-refractivity contribution in [1.82, 2.24) is 19.8 Å². The van der Waals surface area contributed by atoms with Crippen molar-refractivity contribution in [2.75, 3.05) is 13.6 Å². The van der Waals surface area contributed by atoms with E-state index in [2.05, 4.69) is 46.9 Å². The van der Waals surface area contributed by atoms with E-state index >= 15 is 0 Å². The summed E-state index contributed by atoms with van der Waals surface area (Å²) < 4.78 is 2.30. The van der Waals surface area contributed by atoms with Crippen molar-refractivity contribution < 1.29 is 0 Å². The Labute approximate surface area is 122 Å². The van der Waals surface area contributed by atoms with Crippen LogP contribution in [0, 0.1) is 5.92 Å². The van der Waals surface area contributed by atoms with Crippen LogP contribution in [0.5, 0.6) is 0 Å². The maximum Gasteiger partial charge on any atom is 0.0949 e. The summed E-state index contributed by atoms with van der Waals surface area (Å²) >= 11 is 0. The van der Waals surface area contributed by atoms with E-state index < -0.39 is 0 Å². The van der Waals surface area contributed by atoms with Crippen LogP contribution in [0.25, 0.3) is 0 Å². The third-order valence-electron chi connectivity index (χ3n) is 5.43. The minimum atomic E-state index is 0.597. The number of aromatic nitrogens is 2. The molecule has 1 N–H and O–H groups in total. The summed E-state index contributed by atoms with van der Waals surface area (Å²) in [5.74, 6) is 0.736. The van der Waals surface area contributed by atoms with Gasteiger partial charge in [-0.2, -0.15) is 0 Å². The fourth-order valence-corrected chi connectivity index (χ4v) is 4.01. The van der Waals surface area contributed by atoms with Crippen LogP contribution in [-0.4, -0.2) is 46.2 Å². The van der Waals surface area contributed by atoms with Gasteiger partial charge >= 0.3 is 0 Å². The lowest BCUT2D eigenvalue weighted by Crippen LogP contribution is -2.53. The molecule has 2 fully saturated rings. The number of rotatable bonds is 3. The Morgan fingerprint density at radius 2 is 2.05 bits per heavy atom. The van der Waals surface area contributed by atoms with Gasteiger partial charge in [0.05, 0.1) is 6.33 Å². The Balaban J connectivity index is 1.64. The molecule has 20 heavy (non-hydrogen) atoms. The van der Waals surface area contributed by atoms with Crippen molar-refractivity contribution in [2.24, 2.45) is 5.92 Å². The first-order chi connectivity index (χ1) is 9.65. The average Bonchev–Trinajstić information content (AvgIpc) is 3.06. The van der Waals surface area contributed by atoms with Crippen LogP contribution in [0.4, 0.5) is 0 Å². The second kappa shape index (κ2) is 5.86. The molecule has 3 rings (SSSR count). The molecule has 1 aromatic rings. The summed E-state index contributed by atoms with van der Waals surface area (Å²) in [6.45, 7) is 5.95. The average molecular weight is 276 g/mol. The molecule has 2 heterocycles. The van der Waals surface area contributed by atoms with Gasteiger partial charge < -0.3 is 14.8 Å². The van der Waals surface area contributed by atoms with E-state index in [0.29, 0.717) is 24.2 Å². The Morgan fingerprint density at radius 3 is 2.80 bits per heavy atom. The molecule has 112 valence electrons. The van der Waals surface area contributed by atoms with Gasteiger partial charge in [0, 0.05) is 43.1 Å². The van der Waals surface area contributed by atoms with Crippen molar-refractivity contribution in [1.29, 1.82) is 0 Å². The molecule has 5 atom stereocenters. The molecule has 2 aliphatic rings. The monoisotopic (exact) mass is 276 g/mol. The van der Waals surface area contributed by atoms with Gasteiger partial charge in [-0.3, -0.25) is 0 Å². The first-order valence-corrected chi connectivity index (χ1v) is 8.09. The number of likely N-dealkylation sites (tertiary alicyclic amines) is 1. The standard InChI is InChI=1S/C16H28N4/c1-12-10-19(3)13(2)9-15(12)18-14-5-4-6-16(14)20-8-7-17-11-20/h7-8,11-16,18H,4-6,9-10H2,1-3H3. The van der Waals surface area contributed by atoms with Gasteiger partial charge in [0.25, 0.3) is 0 Å². The number of nitrogens with one attached hydrogen (secondary N) is 1. The predicted octanol–water partition coefficient (Wildman–Crippen LogP) is 2.29. The second-order valence-electron chi connectivity index (χ2n) is 6.89. The summed E-state index contributed by atoms with van der Waals surface area (Å²) in [5, 5.41) is 3.98. The zero-order chi connectivity index (χ0) is 14.1. The van der Waals surface area contributed by atoms with Gasteiger partial charge in [-0.05, 0) is 45.6 Å². The Bertz CT molecular complexity index is 416. The summed E-state index contributed by atoms with van der Waals surface area (Å²) in [4.78, 5) is 6.70. The largest absolute Gasteiger partial charge is 0.333 e. The Morgan fingerprint density at radius 1 is 1.20 bits per heavy atom. The summed E-state index contributed by atoms with van der Waals surface area (Å²) in [7, 11) is 2.25. The van der Waals surface area contributed by atoms with E-state index in [4.69, 9.17) is 0 Å². The van der Waals surface area contributed by atoms with Crippen LogP contribution in [0.3, 0.4) is 0 Å². The van der Waals surface area contributed by atoms with E-state index in [1.165, 1.54) is 32.2 Å². The van der Waals surface area contributed by atoms with Gasteiger partial charge in [-0.1, -0.05) is 6.92 Å². The third-order valence-corrected chi connectivity index (χ3v) is 5.43. The maximum absolute atomic E-state index is 4.21. The highest BCUT2D eigenvalue weighted by Crippen LogP contribution is 2.32. The fourth-order valence-electron chi connectivity index (χ4n) is 4.01. The molecule has 1 aliphatic carbocycles. The van der Waals surface area contributed by atoms with Crippen LogP contribution in [-0.2, 0) is 0 Å². The van der Waals surface area contributed by atoms with E-state index in [1.807, 2.05) is 12.5 Å². The molecule has 0 spiro atoms. The summed E-state index contributed by atoms with van der Waals surface area (Å²) in [6.07, 6.45) is 11.2. The van der Waals surface area contributed by atoms with Crippen molar-refractivity contribution in [3.8, 4) is 0 Å². The van der Waals surface area contributed by atoms with Crippen molar-refractivity contribution in [3.63, 3.8) is 0 Å². The third kappa shape index (κ3) is 2.77. The quantitative estimate of drug-likeness (QED) is 0.919. The molecular formula is C16H28N4. The predicted molar refractivity (Wildman–Crippen MR) is 81.7 cm³/mol. The summed E-state index contributed by atoms with van der Waals surface area (Å²) in [5.41, 5.74) is 0. The van der Waals surface area contributed by atoms with E-state index in [0.717, 1.165) is 5.92 Å². The fraction of sp³-hybridized carbons (Fsp3) is 0.812. The zero-order valence-corrected chi connectivity index (χ0v) is 13.0. The van der Waals surface area contributed by atoms with Gasteiger partial charge in [-0.25, -0.2) is 4.98 Å². The lowest BCUT2D eigenvalue weighted by atomic mass is 9.89. The molecule has 1 aromatic heterocycles. The lowest BCUT2D eigenvalue weighted by Gasteiger charge is -2.42. The first-order valence-electron chi connectivity index (χ1n) is 8.09. The molecule has 1 saturated carbocycles. The van der Waals surface area contributed by atoms with Gasteiger partial charge in [0.1, 0.15) is 0 Å². The van der Waals surface area contributed by atoms with Gasteiger partial charge in [0.2, 0.25) is 0 Å². The molecule has 0 amide bonds. The second-order valence-corrected chi connectivity index (χ2v) is 6.89. The van der Waals surface area contributed by atoms with Gasteiger partial charge in [-0.15, -0.1) is 0 Å². The molecule has 0 aromatic carbocycles. The molecule has 4 nitrogen and oxygen atoms in total. The number of hydrogen-bond acceptors (Lipinski definition) is 3. The minimum absolute atomic E-state index is 0.597. The van der Waals surface area contributed by atoms with Gasteiger partial charge in [0.15, 0.2) is 0 Å². The van der Waals surface area contributed by atoms with Crippen LogP contribution < -0.4 is 5.32 Å². The molecule has 4 heteroatoms.